The van der Waals surface area contributed by atoms with Gasteiger partial charge in [0.25, 0.3) is 5.89 Å². The summed E-state index contributed by atoms with van der Waals surface area (Å²) in [6.07, 6.45) is 2.37. The molecule has 18 heavy (non-hydrogen) atoms. The van der Waals surface area contributed by atoms with E-state index >= 15 is 0 Å². The molecule has 0 amide bonds. The molecular formula is C13H12N4O. The lowest BCUT2D eigenvalue weighted by Crippen LogP contribution is -2.03. The Morgan fingerprint density at radius 2 is 2.06 bits per heavy atom. The summed E-state index contributed by atoms with van der Waals surface area (Å²) in [6.45, 7) is 0.507. The Hall–Kier alpha value is -2.27. The van der Waals surface area contributed by atoms with Crippen LogP contribution in [0.25, 0.3) is 22.4 Å². The number of fused-ring (bicyclic) bond motifs is 1. The minimum Gasteiger partial charge on any atom is -0.334 e. The molecule has 90 valence electrons. The highest BCUT2D eigenvalue weighted by Gasteiger charge is 2.11. The van der Waals surface area contributed by atoms with Crippen LogP contribution in [0.4, 0.5) is 0 Å². The average molecular weight is 240 g/mol. The monoisotopic (exact) mass is 240 g/mol. The fourth-order valence-electron chi connectivity index (χ4n) is 1.87. The van der Waals surface area contributed by atoms with Gasteiger partial charge < -0.3 is 10.3 Å². The molecule has 0 spiro atoms. The molecule has 0 unspecified atom stereocenters. The van der Waals surface area contributed by atoms with Gasteiger partial charge in [-0.05, 0) is 18.7 Å². The fraction of sp³-hybridized carbons (Fsp3) is 0.154. The molecule has 3 aromatic rings. The smallest absolute Gasteiger partial charge is 0.260 e. The van der Waals surface area contributed by atoms with Crippen molar-refractivity contribution in [2.24, 2.45) is 5.73 Å². The Morgan fingerprint density at radius 3 is 2.94 bits per heavy atom. The Balaban J connectivity index is 2.12. The number of para-hydroxylation sites is 1. The molecule has 2 aromatic heterocycles. The first-order chi connectivity index (χ1) is 8.88. The van der Waals surface area contributed by atoms with Gasteiger partial charge in [-0.25, -0.2) is 0 Å². The maximum absolute atomic E-state index is 5.47. The highest BCUT2D eigenvalue weighted by atomic mass is 16.5. The van der Waals surface area contributed by atoms with Gasteiger partial charge in [-0.3, -0.25) is 4.98 Å². The van der Waals surface area contributed by atoms with Gasteiger partial charge in [0, 0.05) is 18.0 Å². The number of nitrogens with two attached hydrogens (primary N) is 1. The zero-order valence-corrected chi connectivity index (χ0v) is 9.71. The van der Waals surface area contributed by atoms with Gasteiger partial charge in [-0.2, -0.15) is 4.98 Å². The summed E-state index contributed by atoms with van der Waals surface area (Å²) in [5.41, 5.74) is 7.18. The molecule has 0 atom stereocenters. The van der Waals surface area contributed by atoms with E-state index in [0.717, 1.165) is 16.5 Å². The van der Waals surface area contributed by atoms with E-state index in [4.69, 9.17) is 10.3 Å². The minimum atomic E-state index is 0.489. The van der Waals surface area contributed by atoms with Gasteiger partial charge in [0.1, 0.15) is 0 Å². The van der Waals surface area contributed by atoms with Crippen LogP contribution in [0.15, 0.2) is 41.1 Å². The van der Waals surface area contributed by atoms with Crippen LogP contribution in [0.3, 0.4) is 0 Å². The number of pyridine rings is 1. The molecule has 0 fully saturated rings. The van der Waals surface area contributed by atoms with Crippen LogP contribution in [0, 0.1) is 0 Å². The summed E-state index contributed by atoms with van der Waals surface area (Å²) < 4.78 is 5.25. The number of aromatic nitrogens is 3. The van der Waals surface area contributed by atoms with Crippen molar-refractivity contribution >= 4 is 10.9 Å². The first-order valence-corrected chi connectivity index (χ1v) is 5.75. The van der Waals surface area contributed by atoms with Crippen molar-refractivity contribution in [2.75, 3.05) is 6.54 Å². The van der Waals surface area contributed by atoms with Crippen molar-refractivity contribution in [1.82, 2.24) is 15.1 Å². The van der Waals surface area contributed by atoms with E-state index in [0.29, 0.717) is 24.7 Å². The third-order valence-corrected chi connectivity index (χ3v) is 2.70. The molecule has 5 nitrogen and oxygen atoms in total. The SMILES string of the molecule is NCCc1noc(-c2cccc3cccnc23)n1. The molecule has 0 aliphatic heterocycles. The lowest BCUT2D eigenvalue weighted by atomic mass is 10.1. The second kappa shape index (κ2) is 4.54. The molecule has 0 radical (unpaired) electrons. The van der Waals surface area contributed by atoms with Crippen molar-refractivity contribution < 1.29 is 4.52 Å². The number of hydrogen-bond acceptors (Lipinski definition) is 5. The molecule has 0 saturated heterocycles. The quantitative estimate of drug-likeness (QED) is 0.755. The Bertz CT molecular complexity index is 672. The first kappa shape index (κ1) is 10.9. The normalized spacial score (nSPS) is 10.9. The lowest BCUT2D eigenvalue weighted by Gasteiger charge is -2.00. The fourth-order valence-corrected chi connectivity index (χ4v) is 1.87. The summed E-state index contributed by atoms with van der Waals surface area (Å²) in [5, 5.41) is 4.94. The van der Waals surface area contributed by atoms with Crippen LogP contribution in [0.5, 0.6) is 0 Å². The zero-order valence-electron chi connectivity index (χ0n) is 9.71. The van der Waals surface area contributed by atoms with E-state index in [1.807, 2.05) is 30.3 Å². The van der Waals surface area contributed by atoms with Crippen LogP contribution >= 0.6 is 0 Å². The molecule has 2 N–H and O–H groups in total. The van der Waals surface area contributed by atoms with E-state index < -0.39 is 0 Å². The second-order valence-electron chi connectivity index (χ2n) is 3.94. The number of rotatable bonds is 3. The largest absolute Gasteiger partial charge is 0.334 e. The van der Waals surface area contributed by atoms with Gasteiger partial charge in [-0.1, -0.05) is 23.4 Å². The topological polar surface area (TPSA) is 77.8 Å². The van der Waals surface area contributed by atoms with Gasteiger partial charge >= 0.3 is 0 Å². The molecule has 1 aromatic carbocycles. The van der Waals surface area contributed by atoms with Gasteiger partial charge in [-0.15, -0.1) is 0 Å². The molecule has 0 aliphatic rings. The molecule has 0 bridgehead atoms. The maximum Gasteiger partial charge on any atom is 0.260 e. The summed E-state index contributed by atoms with van der Waals surface area (Å²) >= 11 is 0. The van der Waals surface area contributed by atoms with E-state index in [1.54, 1.807) is 6.20 Å². The average Bonchev–Trinajstić information content (AvgIpc) is 2.87. The molecule has 3 rings (SSSR count). The highest BCUT2D eigenvalue weighted by molar-refractivity contribution is 5.91. The third-order valence-electron chi connectivity index (χ3n) is 2.70. The van der Waals surface area contributed by atoms with Crippen molar-refractivity contribution in [3.63, 3.8) is 0 Å². The van der Waals surface area contributed by atoms with Crippen molar-refractivity contribution in [3.8, 4) is 11.5 Å². The predicted octanol–water partition coefficient (Wildman–Crippen LogP) is 1.79. The van der Waals surface area contributed by atoms with Crippen molar-refractivity contribution in [1.29, 1.82) is 0 Å². The van der Waals surface area contributed by atoms with Gasteiger partial charge in [0.05, 0.1) is 11.1 Å². The molecule has 0 aliphatic carbocycles. The molecule has 2 heterocycles. The van der Waals surface area contributed by atoms with E-state index in [2.05, 4.69) is 15.1 Å². The molecular weight excluding hydrogens is 228 g/mol. The first-order valence-electron chi connectivity index (χ1n) is 5.75. The Morgan fingerprint density at radius 1 is 1.17 bits per heavy atom. The molecule has 0 saturated carbocycles. The van der Waals surface area contributed by atoms with Crippen LogP contribution in [0.2, 0.25) is 0 Å². The maximum atomic E-state index is 5.47. The third kappa shape index (κ3) is 1.84. The second-order valence-corrected chi connectivity index (χ2v) is 3.94. The van der Waals surface area contributed by atoms with E-state index in [-0.39, 0.29) is 0 Å². The summed E-state index contributed by atoms with van der Waals surface area (Å²) in [7, 11) is 0. The summed E-state index contributed by atoms with van der Waals surface area (Å²) in [5.74, 6) is 1.11. The van der Waals surface area contributed by atoms with Gasteiger partial charge in [0.2, 0.25) is 0 Å². The van der Waals surface area contributed by atoms with Crippen LogP contribution in [-0.4, -0.2) is 21.7 Å². The number of hydrogen-bond donors (Lipinski definition) is 1. The summed E-state index contributed by atoms with van der Waals surface area (Å²) in [6, 6.07) is 9.78. The van der Waals surface area contributed by atoms with E-state index in [9.17, 15) is 0 Å². The van der Waals surface area contributed by atoms with Crippen LogP contribution in [0.1, 0.15) is 5.82 Å². The number of benzene rings is 1. The Labute approximate surface area is 104 Å². The van der Waals surface area contributed by atoms with E-state index in [1.165, 1.54) is 0 Å². The minimum absolute atomic E-state index is 0.489. The predicted molar refractivity (Wildman–Crippen MR) is 67.8 cm³/mol. The van der Waals surface area contributed by atoms with Gasteiger partial charge in [0.15, 0.2) is 5.82 Å². The molecule has 5 heteroatoms. The van der Waals surface area contributed by atoms with Crippen molar-refractivity contribution in [3.05, 3.63) is 42.4 Å². The van der Waals surface area contributed by atoms with Crippen molar-refractivity contribution in [2.45, 2.75) is 6.42 Å². The van der Waals surface area contributed by atoms with Crippen LogP contribution in [-0.2, 0) is 6.42 Å². The van der Waals surface area contributed by atoms with Crippen LogP contribution < -0.4 is 5.73 Å². The Kier molecular flexibility index (Phi) is 2.74. The standard InChI is InChI=1S/C13H12N4O/c14-7-6-11-16-13(18-17-11)10-5-1-3-9-4-2-8-15-12(9)10/h1-5,8H,6-7,14H2. The lowest BCUT2D eigenvalue weighted by molar-refractivity contribution is 0.423. The zero-order chi connectivity index (χ0) is 12.4. The number of nitrogens with zero attached hydrogens (tertiary/aromatic N) is 3. The summed E-state index contributed by atoms with van der Waals surface area (Å²) in [4.78, 5) is 8.68. The highest BCUT2D eigenvalue weighted by Crippen LogP contribution is 2.25.